The van der Waals surface area contributed by atoms with Gasteiger partial charge in [0.2, 0.25) is 0 Å². The highest BCUT2D eigenvalue weighted by molar-refractivity contribution is 6.66. The molecule has 1 aliphatic rings. The third-order valence-electron chi connectivity index (χ3n) is 5.40. The van der Waals surface area contributed by atoms with E-state index in [9.17, 15) is 4.79 Å². The monoisotopic (exact) mass is 356 g/mol. The van der Waals surface area contributed by atoms with Crippen LogP contribution in [0.15, 0.2) is 54.9 Å². The molecule has 2 aromatic heterocycles. The third kappa shape index (κ3) is 4.25. The maximum Gasteiger partial charge on any atom is 0.197 e. The molecule has 4 nitrogen and oxygen atoms in total. The molecule has 3 heterocycles. The van der Waals surface area contributed by atoms with Gasteiger partial charge < -0.3 is 4.79 Å². The Morgan fingerprint density at radius 2 is 1.89 bits per heavy atom. The molecule has 1 radical (unpaired) electrons. The van der Waals surface area contributed by atoms with Gasteiger partial charge >= 0.3 is 0 Å². The number of likely N-dealkylation sites (tertiary alicyclic amines) is 1. The van der Waals surface area contributed by atoms with E-state index in [4.69, 9.17) is 4.98 Å². The van der Waals surface area contributed by atoms with Gasteiger partial charge in [-0.3, -0.25) is 14.9 Å². The highest BCUT2D eigenvalue weighted by Gasteiger charge is 2.19. The second-order valence-electron chi connectivity index (χ2n) is 7.25. The number of piperidine rings is 1. The van der Waals surface area contributed by atoms with Crippen LogP contribution in [0.1, 0.15) is 18.5 Å². The normalized spacial score (nSPS) is 15.7. The van der Waals surface area contributed by atoms with Gasteiger partial charge in [-0.2, -0.15) is 0 Å². The topological polar surface area (TPSA) is 46.1 Å². The Morgan fingerprint density at radius 1 is 1.07 bits per heavy atom. The minimum atomic E-state index is 0.645. The second-order valence-corrected chi connectivity index (χ2v) is 7.25. The minimum Gasteiger partial charge on any atom is -0.316 e. The van der Waals surface area contributed by atoms with Crippen LogP contribution < -0.4 is 0 Å². The lowest BCUT2D eigenvalue weighted by Gasteiger charge is -2.31. The molecule has 5 heteroatoms. The Hall–Kier alpha value is -2.53. The zero-order valence-electron chi connectivity index (χ0n) is 15.4. The van der Waals surface area contributed by atoms with Gasteiger partial charge in [-0.05, 0) is 49.5 Å². The molecule has 1 fully saturated rings. The van der Waals surface area contributed by atoms with Crippen molar-refractivity contribution in [1.29, 1.82) is 0 Å². The summed E-state index contributed by atoms with van der Waals surface area (Å²) in [5.41, 5.74) is 4.35. The molecule has 0 amide bonds. The summed E-state index contributed by atoms with van der Waals surface area (Å²) in [6, 6.07) is 14.6. The molecule has 0 aliphatic carbocycles. The van der Waals surface area contributed by atoms with Crippen LogP contribution in [0, 0.1) is 5.92 Å². The van der Waals surface area contributed by atoms with Gasteiger partial charge in [-0.25, -0.2) is 0 Å². The zero-order chi connectivity index (χ0) is 18.5. The number of hydrogen-bond donors (Lipinski definition) is 0. The van der Waals surface area contributed by atoms with Crippen molar-refractivity contribution in [3.8, 4) is 11.1 Å². The van der Waals surface area contributed by atoms with E-state index in [1.807, 2.05) is 30.6 Å². The van der Waals surface area contributed by atoms with E-state index >= 15 is 0 Å². The van der Waals surface area contributed by atoms with Crippen molar-refractivity contribution in [3.05, 3.63) is 60.6 Å². The average Bonchev–Trinajstić information content (AvgIpc) is 2.73. The molecule has 3 aromatic rings. The summed E-state index contributed by atoms with van der Waals surface area (Å²) in [5.74, 6) is 0.645. The lowest BCUT2D eigenvalue weighted by atomic mass is 9.69. The summed E-state index contributed by atoms with van der Waals surface area (Å²) in [7, 11) is 1.75. The standard InChI is InChI=1S/C22H23BN3O/c27-16-23-12-17-8-10-26(11-9-17)15-20-7-6-19-13-24-14-21(22(19)25-20)18-4-2-1-3-5-18/h1-7,13-14,16-17H,8-12,15H2. The first-order valence-electron chi connectivity index (χ1n) is 9.62. The molecule has 0 unspecified atom stereocenters. The number of aromatic nitrogens is 2. The van der Waals surface area contributed by atoms with Crippen LogP contribution in [0.4, 0.5) is 0 Å². The van der Waals surface area contributed by atoms with Crippen LogP contribution in [0.3, 0.4) is 0 Å². The fourth-order valence-corrected chi connectivity index (χ4v) is 3.86. The summed E-state index contributed by atoms with van der Waals surface area (Å²) >= 11 is 0. The van der Waals surface area contributed by atoms with Crippen LogP contribution in [-0.2, 0) is 11.3 Å². The molecule has 27 heavy (non-hydrogen) atoms. The molecular formula is C22H23BN3O. The first kappa shape index (κ1) is 17.9. The van der Waals surface area contributed by atoms with Crippen molar-refractivity contribution in [3.63, 3.8) is 0 Å². The van der Waals surface area contributed by atoms with Crippen LogP contribution in [0.25, 0.3) is 22.0 Å². The Balaban J connectivity index is 1.51. The van der Waals surface area contributed by atoms with Gasteiger partial charge in [0, 0.05) is 29.9 Å². The summed E-state index contributed by atoms with van der Waals surface area (Å²) in [4.78, 5) is 22.3. The van der Waals surface area contributed by atoms with E-state index in [0.29, 0.717) is 5.92 Å². The number of fused-ring (bicyclic) bond motifs is 1. The highest BCUT2D eigenvalue weighted by Crippen LogP contribution is 2.27. The highest BCUT2D eigenvalue weighted by atomic mass is 16.1. The van der Waals surface area contributed by atoms with Gasteiger partial charge in [0.25, 0.3) is 0 Å². The van der Waals surface area contributed by atoms with Gasteiger partial charge in [0.1, 0.15) is 0 Å². The molecule has 1 aromatic carbocycles. The van der Waals surface area contributed by atoms with Crippen LogP contribution in [0.5, 0.6) is 0 Å². The molecule has 1 saturated heterocycles. The van der Waals surface area contributed by atoms with Crippen molar-refractivity contribution >= 4 is 24.4 Å². The molecule has 135 valence electrons. The number of rotatable bonds is 6. The fourth-order valence-electron chi connectivity index (χ4n) is 3.86. The maximum atomic E-state index is 10.5. The summed E-state index contributed by atoms with van der Waals surface area (Å²) in [6.07, 6.45) is 7.93. The zero-order valence-corrected chi connectivity index (χ0v) is 15.4. The van der Waals surface area contributed by atoms with Crippen LogP contribution in [0.2, 0.25) is 6.32 Å². The smallest absolute Gasteiger partial charge is 0.197 e. The average molecular weight is 356 g/mol. The fraction of sp³-hybridized carbons (Fsp3) is 0.318. The molecule has 0 N–H and O–H groups in total. The number of carbonyl (C=O) groups excluding carboxylic acids is 1. The van der Waals surface area contributed by atoms with Crippen LogP contribution >= 0.6 is 0 Å². The van der Waals surface area contributed by atoms with Crippen molar-refractivity contribution in [2.45, 2.75) is 25.7 Å². The summed E-state index contributed by atoms with van der Waals surface area (Å²) in [6.45, 7) is 3.01. The van der Waals surface area contributed by atoms with Gasteiger partial charge in [-0.15, -0.1) is 0 Å². The molecular weight excluding hydrogens is 333 g/mol. The Bertz CT molecular complexity index is 908. The molecule has 0 atom stereocenters. The predicted molar refractivity (Wildman–Crippen MR) is 110 cm³/mol. The van der Waals surface area contributed by atoms with E-state index in [2.05, 4.69) is 34.1 Å². The third-order valence-corrected chi connectivity index (χ3v) is 5.40. The molecule has 0 spiro atoms. The number of hydrogen-bond acceptors (Lipinski definition) is 4. The van der Waals surface area contributed by atoms with Crippen molar-refractivity contribution in [2.24, 2.45) is 5.92 Å². The molecule has 0 bridgehead atoms. The van der Waals surface area contributed by atoms with E-state index in [1.54, 1.807) is 7.28 Å². The Labute approximate surface area is 160 Å². The first-order valence-corrected chi connectivity index (χ1v) is 9.62. The van der Waals surface area contributed by atoms with Crippen LogP contribution in [-0.4, -0.2) is 41.4 Å². The van der Waals surface area contributed by atoms with Gasteiger partial charge in [0.05, 0.1) is 17.4 Å². The maximum absolute atomic E-state index is 10.5. The molecule has 1 aliphatic heterocycles. The van der Waals surface area contributed by atoms with Gasteiger partial charge in [-0.1, -0.05) is 36.7 Å². The number of carbonyl (C=O) groups is 1. The first-order chi connectivity index (χ1) is 13.3. The van der Waals surface area contributed by atoms with E-state index < -0.39 is 0 Å². The SMILES string of the molecule is O=C[B]CC1CCN(Cc2ccc3cncc(-c4ccccc4)c3n2)CC1. The van der Waals surface area contributed by atoms with E-state index in [0.717, 1.165) is 72.7 Å². The van der Waals surface area contributed by atoms with Crippen molar-refractivity contribution in [1.82, 2.24) is 14.9 Å². The lowest BCUT2D eigenvalue weighted by molar-refractivity contribution is 0.183. The van der Waals surface area contributed by atoms with E-state index in [1.165, 1.54) is 0 Å². The molecule has 0 saturated carbocycles. The Morgan fingerprint density at radius 3 is 2.67 bits per heavy atom. The number of pyridine rings is 2. The predicted octanol–water partition coefficient (Wildman–Crippen LogP) is 3.82. The Kier molecular flexibility index (Phi) is 5.59. The summed E-state index contributed by atoms with van der Waals surface area (Å²) < 4.78 is 0. The quantitative estimate of drug-likeness (QED) is 0.498. The van der Waals surface area contributed by atoms with E-state index in [-0.39, 0.29) is 0 Å². The largest absolute Gasteiger partial charge is 0.316 e. The van der Waals surface area contributed by atoms with Crippen molar-refractivity contribution < 1.29 is 4.79 Å². The number of benzene rings is 1. The second kappa shape index (κ2) is 8.44. The van der Waals surface area contributed by atoms with Crippen molar-refractivity contribution in [2.75, 3.05) is 13.1 Å². The molecule has 4 rings (SSSR count). The minimum absolute atomic E-state index is 0.645. The van der Waals surface area contributed by atoms with Gasteiger partial charge in [0.15, 0.2) is 7.28 Å². The number of nitrogens with zero attached hydrogens (tertiary/aromatic N) is 3. The lowest BCUT2D eigenvalue weighted by Crippen LogP contribution is -2.33. The summed E-state index contributed by atoms with van der Waals surface area (Å²) in [5, 5.41) is 1.07.